The van der Waals surface area contributed by atoms with Crippen LogP contribution >= 0.6 is 0 Å². The van der Waals surface area contributed by atoms with Gasteiger partial charge in [-0.05, 0) is 31.1 Å². The average Bonchev–Trinajstić information content (AvgIpc) is 2.56. The molecule has 2 aliphatic carbocycles. The van der Waals surface area contributed by atoms with E-state index in [-0.39, 0.29) is 29.5 Å². The number of ketones is 1. The lowest BCUT2D eigenvalue weighted by atomic mass is 9.73. The largest absolute Gasteiger partial charge is 0.469 e. The third-order valence-electron chi connectivity index (χ3n) is 4.06. The molecular weight excluding hydrogens is 216 g/mol. The van der Waals surface area contributed by atoms with E-state index < -0.39 is 0 Å². The Balaban J connectivity index is 2.18. The number of allylic oxidation sites excluding steroid dienone is 2. The van der Waals surface area contributed by atoms with Gasteiger partial charge in [-0.15, -0.1) is 0 Å². The van der Waals surface area contributed by atoms with Gasteiger partial charge >= 0.3 is 5.97 Å². The van der Waals surface area contributed by atoms with Gasteiger partial charge in [0.15, 0.2) is 5.78 Å². The summed E-state index contributed by atoms with van der Waals surface area (Å²) in [5.74, 6) is -0.249. The highest BCUT2D eigenvalue weighted by atomic mass is 16.5. The molecule has 2 aliphatic rings. The Labute approximate surface area is 102 Å². The highest BCUT2D eigenvalue weighted by Gasteiger charge is 2.42. The first-order valence-electron chi connectivity index (χ1n) is 6.29. The van der Waals surface area contributed by atoms with Crippen molar-refractivity contribution in [3.8, 4) is 0 Å². The second-order valence-electron chi connectivity index (χ2n) is 5.76. The molecule has 17 heavy (non-hydrogen) atoms. The van der Waals surface area contributed by atoms with Crippen LogP contribution in [0.25, 0.3) is 0 Å². The second-order valence-corrected chi connectivity index (χ2v) is 5.76. The maximum absolute atomic E-state index is 12.3. The SMILES string of the molecule is COC(=O)CC1CC2=C(C1=O)C(C)(C)CCC2. The van der Waals surface area contributed by atoms with E-state index in [1.807, 2.05) is 0 Å². The molecule has 0 bridgehead atoms. The first kappa shape index (κ1) is 12.3. The molecule has 0 aliphatic heterocycles. The normalized spacial score (nSPS) is 27.0. The Morgan fingerprint density at radius 1 is 1.47 bits per heavy atom. The number of esters is 1. The van der Waals surface area contributed by atoms with Gasteiger partial charge in [0.2, 0.25) is 0 Å². The number of hydrogen-bond acceptors (Lipinski definition) is 3. The summed E-state index contributed by atoms with van der Waals surface area (Å²) in [5.41, 5.74) is 2.30. The number of methoxy groups -OCH3 is 1. The van der Waals surface area contributed by atoms with Gasteiger partial charge in [-0.2, -0.15) is 0 Å². The molecule has 3 nitrogen and oxygen atoms in total. The molecule has 94 valence electrons. The van der Waals surface area contributed by atoms with E-state index in [1.165, 1.54) is 12.7 Å². The van der Waals surface area contributed by atoms with E-state index in [9.17, 15) is 9.59 Å². The highest BCUT2D eigenvalue weighted by Crippen LogP contribution is 2.48. The van der Waals surface area contributed by atoms with Crippen molar-refractivity contribution in [1.82, 2.24) is 0 Å². The van der Waals surface area contributed by atoms with E-state index in [0.717, 1.165) is 31.3 Å². The highest BCUT2D eigenvalue weighted by molar-refractivity contribution is 6.03. The summed E-state index contributed by atoms with van der Waals surface area (Å²) in [6.07, 6.45) is 4.26. The zero-order valence-electron chi connectivity index (χ0n) is 10.8. The zero-order valence-corrected chi connectivity index (χ0v) is 10.8. The first-order chi connectivity index (χ1) is 7.95. The lowest BCUT2D eigenvalue weighted by molar-refractivity contribution is -0.143. The minimum Gasteiger partial charge on any atom is -0.469 e. The summed E-state index contributed by atoms with van der Waals surface area (Å²) in [6, 6.07) is 0. The number of carbonyl (C=O) groups is 2. The van der Waals surface area contributed by atoms with Crippen molar-refractivity contribution in [2.24, 2.45) is 11.3 Å². The molecule has 1 unspecified atom stereocenters. The molecule has 3 heteroatoms. The molecule has 0 saturated heterocycles. The summed E-state index contributed by atoms with van der Waals surface area (Å²) < 4.78 is 4.66. The van der Waals surface area contributed by atoms with Gasteiger partial charge in [0.25, 0.3) is 0 Å². The Kier molecular flexibility index (Phi) is 3.11. The van der Waals surface area contributed by atoms with Crippen molar-refractivity contribution in [2.45, 2.75) is 46.0 Å². The van der Waals surface area contributed by atoms with Crippen LogP contribution < -0.4 is 0 Å². The fourth-order valence-electron chi connectivity index (χ4n) is 3.23. The molecule has 0 fully saturated rings. The van der Waals surface area contributed by atoms with Crippen LogP contribution in [-0.2, 0) is 14.3 Å². The van der Waals surface area contributed by atoms with Gasteiger partial charge in [-0.3, -0.25) is 9.59 Å². The third-order valence-corrected chi connectivity index (χ3v) is 4.06. The summed E-state index contributed by atoms with van der Waals surface area (Å²) in [5, 5.41) is 0. The van der Waals surface area contributed by atoms with Crippen molar-refractivity contribution in [1.29, 1.82) is 0 Å². The van der Waals surface area contributed by atoms with E-state index in [2.05, 4.69) is 18.6 Å². The molecule has 1 atom stereocenters. The molecule has 2 rings (SSSR count). The quantitative estimate of drug-likeness (QED) is 0.692. The molecule has 0 aromatic rings. The summed E-state index contributed by atoms with van der Waals surface area (Å²) >= 11 is 0. The Morgan fingerprint density at radius 3 is 2.76 bits per heavy atom. The number of Topliss-reactive ketones (excluding diaryl/α,β-unsaturated/α-hetero) is 1. The molecule has 0 saturated carbocycles. The summed E-state index contributed by atoms with van der Waals surface area (Å²) in [4.78, 5) is 23.6. The van der Waals surface area contributed by atoms with Crippen LogP contribution in [0.3, 0.4) is 0 Å². The monoisotopic (exact) mass is 236 g/mol. The van der Waals surface area contributed by atoms with Gasteiger partial charge in [-0.25, -0.2) is 0 Å². The van der Waals surface area contributed by atoms with Crippen LogP contribution in [0.2, 0.25) is 0 Å². The number of ether oxygens (including phenoxy) is 1. The summed E-state index contributed by atoms with van der Waals surface area (Å²) in [6.45, 7) is 4.28. The van der Waals surface area contributed by atoms with Crippen LogP contribution in [0.15, 0.2) is 11.1 Å². The van der Waals surface area contributed by atoms with Gasteiger partial charge in [-0.1, -0.05) is 19.4 Å². The smallest absolute Gasteiger partial charge is 0.306 e. The van der Waals surface area contributed by atoms with Crippen LogP contribution in [0.4, 0.5) is 0 Å². The van der Waals surface area contributed by atoms with E-state index in [1.54, 1.807) is 0 Å². The fourth-order valence-corrected chi connectivity index (χ4v) is 3.23. The molecule has 0 radical (unpaired) electrons. The van der Waals surface area contributed by atoms with Crippen LogP contribution in [-0.4, -0.2) is 18.9 Å². The van der Waals surface area contributed by atoms with Gasteiger partial charge in [0, 0.05) is 11.5 Å². The van der Waals surface area contributed by atoms with E-state index >= 15 is 0 Å². The molecular formula is C14H20O3. The Bertz CT molecular complexity index is 390. The van der Waals surface area contributed by atoms with Crippen LogP contribution in [0.5, 0.6) is 0 Å². The number of carbonyl (C=O) groups excluding carboxylic acids is 2. The number of hydrogen-bond donors (Lipinski definition) is 0. The Morgan fingerprint density at radius 2 is 2.18 bits per heavy atom. The van der Waals surface area contributed by atoms with Crippen molar-refractivity contribution in [2.75, 3.05) is 7.11 Å². The third kappa shape index (κ3) is 2.15. The predicted molar refractivity (Wildman–Crippen MR) is 64.4 cm³/mol. The molecule has 0 amide bonds. The van der Waals surface area contributed by atoms with Crippen molar-refractivity contribution in [3.05, 3.63) is 11.1 Å². The minimum absolute atomic E-state index is 0.00443. The maximum Gasteiger partial charge on any atom is 0.306 e. The molecule has 0 aromatic carbocycles. The van der Waals surface area contributed by atoms with Crippen molar-refractivity contribution >= 4 is 11.8 Å². The van der Waals surface area contributed by atoms with Gasteiger partial charge < -0.3 is 4.74 Å². The number of rotatable bonds is 2. The van der Waals surface area contributed by atoms with Gasteiger partial charge in [0.1, 0.15) is 0 Å². The lowest BCUT2D eigenvalue weighted by Gasteiger charge is -2.31. The van der Waals surface area contributed by atoms with Crippen LogP contribution in [0, 0.1) is 11.3 Å². The van der Waals surface area contributed by atoms with E-state index in [4.69, 9.17) is 0 Å². The maximum atomic E-state index is 12.3. The predicted octanol–water partition coefficient (Wildman–Crippen LogP) is 2.65. The lowest BCUT2D eigenvalue weighted by Crippen LogP contribution is -2.25. The van der Waals surface area contributed by atoms with Crippen LogP contribution in [0.1, 0.15) is 46.0 Å². The Hall–Kier alpha value is -1.12. The molecule has 0 aromatic heterocycles. The summed E-state index contributed by atoms with van der Waals surface area (Å²) in [7, 11) is 1.37. The standard InChI is InChI=1S/C14H20O3/c1-14(2)6-4-5-9-7-10(8-11(15)17-3)13(16)12(9)14/h10H,4-8H2,1-3H3. The van der Waals surface area contributed by atoms with Crippen molar-refractivity contribution in [3.63, 3.8) is 0 Å². The average molecular weight is 236 g/mol. The zero-order chi connectivity index (χ0) is 12.6. The van der Waals surface area contributed by atoms with Gasteiger partial charge in [0.05, 0.1) is 13.5 Å². The van der Waals surface area contributed by atoms with E-state index in [0.29, 0.717) is 0 Å². The topological polar surface area (TPSA) is 43.4 Å². The fraction of sp³-hybridized carbons (Fsp3) is 0.714. The minimum atomic E-state index is -0.277. The van der Waals surface area contributed by atoms with Crippen molar-refractivity contribution < 1.29 is 14.3 Å². The molecule has 0 heterocycles. The second kappa shape index (κ2) is 4.28. The molecule has 0 N–H and O–H groups in total. The molecule has 0 spiro atoms. The first-order valence-corrected chi connectivity index (χ1v) is 6.29.